The predicted molar refractivity (Wildman–Crippen MR) is 75.2 cm³/mol. The average Bonchev–Trinajstić information content (AvgIpc) is 2.44. The van der Waals surface area contributed by atoms with Gasteiger partial charge < -0.3 is 4.42 Å². The second-order valence-corrected chi connectivity index (χ2v) is 4.63. The summed E-state index contributed by atoms with van der Waals surface area (Å²) in [7, 11) is 0. The monoisotopic (exact) mass is 251 g/mol. The summed E-state index contributed by atoms with van der Waals surface area (Å²) in [4.78, 5) is 16.5. The molecule has 3 rings (SSSR count). The van der Waals surface area contributed by atoms with E-state index in [1.54, 1.807) is 19.3 Å². The van der Waals surface area contributed by atoms with Crippen molar-refractivity contribution >= 4 is 11.0 Å². The van der Waals surface area contributed by atoms with E-state index in [4.69, 9.17) is 4.42 Å². The second-order valence-electron chi connectivity index (χ2n) is 4.63. The third-order valence-electron chi connectivity index (χ3n) is 3.20. The molecule has 0 spiro atoms. The van der Waals surface area contributed by atoms with Crippen LogP contribution in [0.1, 0.15) is 11.1 Å². The van der Waals surface area contributed by atoms with Crippen molar-refractivity contribution in [3.63, 3.8) is 0 Å². The van der Waals surface area contributed by atoms with E-state index < -0.39 is 0 Å². The third-order valence-corrected chi connectivity index (χ3v) is 3.20. The van der Waals surface area contributed by atoms with E-state index in [0.29, 0.717) is 22.3 Å². The number of hydrogen-bond acceptors (Lipinski definition) is 3. The summed E-state index contributed by atoms with van der Waals surface area (Å²) in [5.41, 5.74) is 3.11. The van der Waals surface area contributed by atoms with Crippen LogP contribution in [-0.4, -0.2) is 4.98 Å². The van der Waals surface area contributed by atoms with Crippen LogP contribution < -0.4 is 5.43 Å². The van der Waals surface area contributed by atoms with E-state index in [-0.39, 0.29) is 5.43 Å². The van der Waals surface area contributed by atoms with Gasteiger partial charge in [-0.25, -0.2) is 0 Å². The summed E-state index contributed by atoms with van der Waals surface area (Å²) in [6.07, 6.45) is 3.40. The summed E-state index contributed by atoms with van der Waals surface area (Å²) in [6.45, 7) is 3.75. The number of nitrogens with zero attached hydrogens (tertiary/aromatic N) is 1. The number of pyridine rings is 1. The molecule has 0 aliphatic carbocycles. The Hall–Kier alpha value is -2.42. The van der Waals surface area contributed by atoms with Crippen LogP contribution in [0.3, 0.4) is 0 Å². The van der Waals surface area contributed by atoms with Crippen molar-refractivity contribution in [2.75, 3.05) is 0 Å². The molecular weight excluding hydrogens is 238 g/mol. The van der Waals surface area contributed by atoms with Gasteiger partial charge in [0.25, 0.3) is 0 Å². The van der Waals surface area contributed by atoms with Crippen LogP contribution in [0, 0.1) is 13.8 Å². The molecule has 94 valence electrons. The molecule has 3 aromatic rings. The Morgan fingerprint density at radius 3 is 2.74 bits per heavy atom. The van der Waals surface area contributed by atoms with Crippen molar-refractivity contribution in [1.82, 2.24) is 4.98 Å². The predicted octanol–water partition coefficient (Wildman–Crippen LogP) is 3.47. The normalized spacial score (nSPS) is 10.8. The van der Waals surface area contributed by atoms with Gasteiger partial charge in [0.05, 0.1) is 5.39 Å². The lowest BCUT2D eigenvalue weighted by molar-refractivity contribution is 0.613. The maximum atomic E-state index is 12.4. The van der Waals surface area contributed by atoms with E-state index >= 15 is 0 Å². The van der Waals surface area contributed by atoms with Crippen LogP contribution in [0.4, 0.5) is 0 Å². The minimum Gasteiger partial charge on any atom is -0.455 e. The maximum absolute atomic E-state index is 12.4. The molecular formula is C16H13NO2. The summed E-state index contributed by atoms with van der Waals surface area (Å²) in [6, 6.07) is 9.35. The van der Waals surface area contributed by atoms with Crippen molar-refractivity contribution in [3.05, 3.63) is 64.1 Å². The number of aromatic nitrogens is 1. The van der Waals surface area contributed by atoms with Crippen LogP contribution in [0.2, 0.25) is 0 Å². The molecule has 0 radical (unpaired) electrons. The third kappa shape index (κ3) is 1.93. The number of rotatable bonds is 1. The van der Waals surface area contributed by atoms with Gasteiger partial charge in [0, 0.05) is 23.5 Å². The molecule has 0 unspecified atom stereocenters. The largest absolute Gasteiger partial charge is 0.455 e. The van der Waals surface area contributed by atoms with E-state index in [9.17, 15) is 4.79 Å². The number of benzene rings is 1. The fraction of sp³-hybridized carbons (Fsp3) is 0.125. The fourth-order valence-corrected chi connectivity index (χ4v) is 2.17. The Labute approximate surface area is 110 Å². The van der Waals surface area contributed by atoms with E-state index in [2.05, 4.69) is 4.98 Å². The number of fused-ring (bicyclic) bond motifs is 1. The minimum atomic E-state index is 0.0174. The Kier molecular flexibility index (Phi) is 2.67. The Bertz CT molecular complexity index is 804. The maximum Gasteiger partial charge on any atom is 0.196 e. The molecule has 2 aromatic heterocycles. The molecule has 0 aliphatic rings. The van der Waals surface area contributed by atoms with Gasteiger partial charge in [0.2, 0.25) is 0 Å². The summed E-state index contributed by atoms with van der Waals surface area (Å²) < 4.78 is 5.87. The molecule has 3 heteroatoms. The van der Waals surface area contributed by atoms with E-state index in [1.807, 2.05) is 37.3 Å². The van der Waals surface area contributed by atoms with Gasteiger partial charge in [-0.15, -0.1) is 0 Å². The highest BCUT2D eigenvalue weighted by Gasteiger charge is 2.12. The molecule has 0 N–H and O–H groups in total. The van der Waals surface area contributed by atoms with Gasteiger partial charge in [-0.3, -0.25) is 9.78 Å². The lowest BCUT2D eigenvalue weighted by atomic mass is 10.1. The van der Waals surface area contributed by atoms with Crippen molar-refractivity contribution in [2.24, 2.45) is 0 Å². The molecule has 1 aromatic carbocycles. The van der Waals surface area contributed by atoms with E-state index in [1.165, 1.54) is 0 Å². The zero-order valence-corrected chi connectivity index (χ0v) is 10.8. The van der Waals surface area contributed by atoms with Gasteiger partial charge in [0.15, 0.2) is 5.43 Å². The Morgan fingerprint density at radius 2 is 2.00 bits per heavy atom. The van der Waals surface area contributed by atoms with Crippen LogP contribution in [0.5, 0.6) is 0 Å². The molecule has 0 bridgehead atoms. The summed E-state index contributed by atoms with van der Waals surface area (Å²) in [5.74, 6) is 0.592. The van der Waals surface area contributed by atoms with Gasteiger partial charge in [-0.1, -0.05) is 11.6 Å². The van der Waals surface area contributed by atoms with Crippen LogP contribution >= 0.6 is 0 Å². The molecule has 19 heavy (non-hydrogen) atoms. The van der Waals surface area contributed by atoms with Crippen molar-refractivity contribution in [3.8, 4) is 11.3 Å². The lowest BCUT2D eigenvalue weighted by Gasteiger charge is -2.07. The first-order valence-corrected chi connectivity index (χ1v) is 6.11. The summed E-state index contributed by atoms with van der Waals surface area (Å²) in [5, 5.41) is 0.630. The zero-order valence-electron chi connectivity index (χ0n) is 10.8. The minimum absolute atomic E-state index is 0.0174. The lowest BCUT2D eigenvalue weighted by Crippen LogP contribution is -2.07. The first kappa shape index (κ1) is 11.7. The standard InChI is InChI=1S/C16H13NO2/c1-10-5-6-14-13(8-10)15(18)11(2)16(19-14)12-4-3-7-17-9-12/h3-9H,1-2H3. The first-order valence-electron chi connectivity index (χ1n) is 6.11. The van der Waals surface area contributed by atoms with Crippen molar-refractivity contribution in [1.29, 1.82) is 0 Å². The van der Waals surface area contributed by atoms with Crippen molar-refractivity contribution in [2.45, 2.75) is 13.8 Å². The number of hydrogen-bond donors (Lipinski definition) is 0. The second kappa shape index (κ2) is 4.35. The van der Waals surface area contributed by atoms with Gasteiger partial charge >= 0.3 is 0 Å². The Morgan fingerprint density at radius 1 is 1.16 bits per heavy atom. The molecule has 0 fully saturated rings. The van der Waals surface area contributed by atoms with Crippen LogP contribution in [0.25, 0.3) is 22.3 Å². The fourth-order valence-electron chi connectivity index (χ4n) is 2.17. The molecule has 0 atom stereocenters. The molecule has 2 heterocycles. The molecule has 0 aliphatic heterocycles. The van der Waals surface area contributed by atoms with Gasteiger partial charge in [-0.2, -0.15) is 0 Å². The highest BCUT2D eigenvalue weighted by molar-refractivity contribution is 5.80. The van der Waals surface area contributed by atoms with Crippen LogP contribution in [-0.2, 0) is 0 Å². The summed E-state index contributed by atoms with van der Waals surface area (Å²) >= 11 is 0. The van der Waals surface area contributed by atoms with Crippen molar-refractivity contribution < 1.29 is 4.42 Å². The smallest absolute Gasteiger partial charge is 0.196 e. The SMILES string of the molecule is Cc1ccc2oc(-c3cccnc3)c(C)c(=O)c2c1. The highest BCUT2D eigenvalue weighted by atomic mass is 16.3. The van der Waals surface area contributed by atoms with Gasteiger partial charge in [-0.05, 0) is 38.1 Å². The highest BCUT2D eigenvalue weighted by Crippen LogP contribution is 2.25. The van der Waals surface area contributed by atoms with Crippen LogP contribution in [0.15, 0.2) is 51.9 Å². The number of aryl methyl sites for hydroxylation is 1. The topological polar surface area (TPSA) is 43.1 Å². The zero-order chi connectivity index (χ0) is 13.4. The molecule has 0 saturated heterocycles. The molecule has 0 amide bonds. The molecule has 0 saturated carbocycles. The molecule has 3 nitrogen and oxygen atoms in total. The van der Waals surface area contributed by atoms with Gasteiger partial charge in [0.1, 0.15) is 11.3 Å². The quantitative estimate of drug-likeness (QED) is 0.665. The first-order chi connectivity index (χ1) is 9.16. The average molecular weight is 251 g/mol. The van der Waals surface area contributed by atoms with E-state index in [0.717, 1.165) is 11.1 Å². The Balaban J connectivity index is 2.37.